The monoisotopic (exact) mass is 289 g/mol. The van der Waals surface area contributed by atoms with Crippen molar-refractivity contribution in [1.82, 2.24) is 10.1 Å². The summed E-state index contributed by atoms with van der Waals surface area (Å²) in [6.07, 6.45) is 0. The Labute approximate surface area is 125 Å². The zero-order valence-electron chi connectivity index (χ0n) is 13.4. The summed E-state index contributed by atoms with van der Waals surface area (Å²) in [6, 6.07) is 6.74. The van der Waals surface area contributed by atoms with Crippen LogP contribution >= 0.6 is 0 Å². The minimum atomic E-state index is 0.266. The number of ether oxygens (including phenoxy) is 1. The fourth-order valence-corrected chi connectivity index (χ4v) is 2.03. The van der Waals surface area contributed by atoms with Crippen molar-refractivity contribution in [2.24, 2.45) is 0 Å². The fourth-order valence-electron chi connectivity index (χ4n) is 2.03. The normalized spacial score (nSPS) is 11.0. The first-order valence-corrected chi connectivity index (χ1v) is 7.21. The van der Waals surface area contributed by atoms with E-state index in [4.69, 9.17) is 9.26 Å². The fraction of sp³-hybridized carbons (Fsp3) is 0.500. The van der Waals surface area contributed by atoms with E-state index in [1.807, 2.05) is 37.9 Å². The SMILES string of the molecule is Cc1cc(C)cc(OCCN(C)c2nc(C(C)C)no2)c1. The summed E-state index contributed by atoms with van der Waals surface area (Å²) >= 11 is 0. The maximum Gasteiger partial charge on any atom is 0.323 e. The largest absolute Gasteiger partial charge is 0.492 e. The summed E-state index contributed by atoms with van der Waals surface area (Å²) in [7, 11) is 1.92. The van der Waals surface area contributed by atoms with Gasteiger partial charge in [0.15, 0.2) is 5.82 Å². The van der Waals surface area contributed by atoms with Crippen LogP contribution in [-0.4, -0.2) is 30.3 Å². The smallest absolute Gasteiger partial charge is 0.323 e. The number of rotatable bonds is 6. The predicted molar refractivity (Wildman–Crippen MR) is 83.1 cm³/mol. The van der Waals surface area contributed by atoms with Crippen molar-refractivity contribution in [2.75, 3.05) is 25.1 Å². The van der Waals surface area contributed by atoms with E-state index in [-0.39, 0.29) is 5.92 Å². The zero-order chi connectivity index (χ0) is 15.4. The molecule has 0 unspecified atom stereocenters. The third kappa shape index (κ3) is 4.21. The Balaban J connectivity index is 1.87. The maximum absolute atomic E-state index is 5.78. The molecular weight excluding hydrogens is 266 g/mol. The molecule has 21 heavy (non-hydrogen) atoms. The molecule has 1 heterocycles. The van der Waals surface area contributed by atoms with E-state index < -0.39 is 0 Å². The van der Waals surface area contributed by atoms with Gasteiger partial charge in [-0.3, -0.25) is 0 Å². The van der Waals surface area contributed by atoms with Crippen LogP contribution in [0.3, 0.4) is 0 Å². The van der Waals surface area contributed by atoms with Crippen LogP contribution in [0.15, 0.2) is 22.7 Å². The van der Waals surface area contributed by atoms with E-state index in [9.17, 15) is 0 Å². The van der Waals surface area contributed by atoms with E-state index in [2.05, 4.69) is 30.1 Å². The molecule has 0 saturated carbocycles. The zero-order valence-corrected chi connectivity index (χ0v) is 13.4. The van der Waals surface area contributed by atoms with Gasteiger partial charge in [0.1, 0.15) is 12.4 Å². The van der Waals surface area contributed by atoms with Gasteiger partial charge < -0.3 is 14.2 Å². The molecule has 0 amide bonds. The van der Waals surface area contributed by atoms with Crippen LogP contribution in [0.4, 0.5) is 6.01 Å². The van der Waals surface area contributed by atoms with E-state index in [0.29, 0.717) is 19.2 Å². The van der Waals surface area contributed by atoms with E-state index in [0.717, 1.165) is 11.6 Å². The minimum Gasteiger partial charge on any atom is -0.492 e. The van der Waals surface area contributed by atoms with Gasteiger partial charge >= 0.3 is 6.01 Å². The van der Waals surface area contributed by atoms with Crippen molar-refractivity contribution in [3.8, 4) is 5.75 Å². The van der Waals surface area contributed by atoms with Gasteiger partial charge in [-0.25, -0.2) is 0 Å². The number of hydrogen-bond acceptors (Lipinski definition) is 5. The molecule has 0 atom stereocenters. The Morgan fingerprint density at radius 2 is 1.86 bits per heavy atom. The Bertz CT molecular complexity index is 573. The average Bonchev–Trinajstić information content (AvgIpc) is 2.87. The Hall–Kier alpha value is -2.04. The Kier molecular flexibility index (Phi) is 4.83. The van der Waals surface area contributed by atoms with Gasteiger partial charge in [0, 0.05) is 13.0 Å². The molecule has 5 heteroatoms. The molecule has 0 aliphatic carbocycles. The van der Waals surface area contributed by atoms with Crippen molar-refractivity contribution in [3.05, 3.63) is 35.2 Å². The molecule has 0 aliphatic rings. The molecule has 0 spiro atoms. The molecule has 1 aromatic heterocycles. The van der Waals surface area contributed by atoms with Gasteiger partial charge in [0.25, 0.3) is 0 Å². The molecule has 0 bridgehead atoms. The van der Waals surface area contributed by atoms with Gasteiger partial charge in [-0.1, -0.05) is 25.1 Å². The van der Waals surface area contributed by atoms with Crippen molar-refractivity contribution in [2.45, 2.75) is 33.6 Å². The first-order chi connectivity index (χ1) is 9.95. The van der Waals surface area contributed by atoms with Crippen LogP contribution in [0.5, 0.6) is 5.75 Å². The molecule has 0 aliphatic heterocycles. The van der Waals surface area contributed by atoms with Gasteiger partial charge in [-0.2, -0.15) is 4.98 Å². The molecule has 2 aromatic rings. The second kappa shape index (κ2) is 6.61. The lowest BCUT2D eigenvalue weighted by Gasteiger charge is -2.14. The van der Waals surface area contributed by atoms with Crippen LogP contribution in [0, 0.1) is 13.8 Å². The van der Waals surface area contributed by atoms with E-state index in [1.165, 1.54) is 11.1 Å². The van der Waals surface area contributed by atoms with Crippen molar-refractivity contribution >= 4 is 6.01 Å². The number of anilines is 1. The third-order valence-corrected chi connectivity index (χ3v) is 3.16. The first-order valence-electron chi connectivity index (χ1n) is 7.21. The highest BCUT2D eigenvalue weighted by Gasteiger charge is 2.13. The summed E-state index contributed by atoms with van der Waals surface area (Å²) in [5, 5.41) is 3.96. The molecule has 0 N–H and O–H groups in total. The molecule has 114 valence electrons. The Morgan fingerprint density at radius 1 is 1.19 bits per heavy atom. The van der Waals surface area contributed by atoms with Crippen molar-refractivity contribution in [1.29, 1.82) is 0 Å². The molecular formula is C16H23N3O2. The second-order valence-corrected chi connectivity index (χ2v) is 5.68. The highest BCUT2D eigenvalue weighted by Crippen LogP contribution is 2.17. The van der Waals surface area contributed by atoms with Crippen LogP contribution in [0.2, 0.25) is 0 Å². The quantitative estimate of drug-likeness (QED) is 0.816. The minimum absolute atomic E-state index is 0.266. The summed E-state index contributed by atoms with van der Waals surface area (Å²) < 4.78 is 11.0. The van der Waals surface area contributed by atoms with Crippen molar-refractivity contribution < 1.29 is 9.26 Å². The summed E-state index contributed by atoms with van der Waals surface area (Å²) in [4.78, 5) is 6.26. The number of aryl methyl sites for hydroxylation is 2. The number of benzene rings is 1. The lowest BCUT2D eigenvalue weighted by Crippen LogP contribution is -2.24. The number of likely N-dealkylation sites (N-methyl/N-ethyl adjacent to an activating group) is 1. The standard InChI is InChI=1S/C16H23N3O2/c1-11(2)15-17-16(21-18-15)19(5)6-7-20-14-9-12(3)8-13(4)10-14/h8-11H,6-7H2,1-5H3. The molecule has 0 saturated heterocycles. The topological polar surface area (TPSA) is 51.4 Å². The highest BCUT2D eigenvalue weighted by atomic mass is 16.5. The molecule has 1 aromatic carbocycles. The van der Waals surface area contributed by atoms with Gasteiger partial charge in [0.05, 0.1) is 6.54 Å². The molecule has 0 fully saturated rings. The highest BCUT2D eigenvalue weighted by molar-refractivity contribution is 5.33. The van der Waals surface area contributed by atoms with Gasteiger partial charge in [-0.15, -0.1) is 0 Å². The molecule has 0 radical (unpaired) electrons. The van der Waals surface area contributed by atoms with Crippen LogP contribution in [0.25, 0.3) is 0 Å². The average molecular weight is 289 g/mol. The lowest BCUT2D eigenvalue weighted by atomic mass is 10.1. The number of hydrogen-bond donors (Lipinski definition) is 0. The molecule has 2 rings (SSSR count). The Morgan fingerprint density at radius 3 is 2.43 bits per heavy atom. The van der Waals surface area contributed by atoms with Gasteiger partial charge in [0.2, 0.25) is 0 Å². The summed E-state index contributed by atoms with van der Waals surface area (Å²) in [5.41, 5.74) is 2.41. The summed E-state index contributed by atoms with van der Waals surface area (Å²) in [5.74, 6) is 1.89. The maximum atomic E-state index is 5.78. The van der Waals surface area contributed by atoms with Crippen LogP contribution in [0.1, 0.15) is 36.7 Å². The lowest BCUT2D eigenvalue weighted by molar-refractivity contribution is 0.319. The van der Waals surface area contributed by atoms with Crippen molar-refractivity contribution in [3.63, 3.8) is 0 Å². The van der Waals surface area contributed by atoms with E-state index >= 15 is 0 Å². The number of nitrogens with zero attached hydrogens (tertiary/aromatic N) is 3. The van der Waals surface area contributed by atoms with E-state index in [1.54, 1.807) is 0 Å². The predicted octanol–water partition coefficient (Wildman–Crippen LogP) is 3.33. The van der Waals surface area contributed by atoms with Crippen LogP contribution < -0.4 is 9.64 Å². The summed E-state index contributed by atoms with van der Waals surface area (Å²) in [6.45, 7) is 9.47. The second-order valence-electron chi connectivity index (χ2n) is 5.68. The number of aromatic nitrogens is 2. The van der Waals surface area contributed by atoms with Crippen LogP contribution in [-0.2, 0) is 0 Å². The first kappa shape index (κ1) is 15.4. The third-order valence-electron chi connectivity index (χ3n) is 3.16. The van der Waals surface area contributed by atoms with Gasteiger partial charge in [-0.05, 0) is 37.1 Å². The molecule has 5 nitrogen and oxygen atoms in total.